The van der Waals surface area contributed by atoms with Gasteiger partial charge in [-0.3, -0.25) is 4.79 Å². The number of nitrogens with one attached hydrogen (secondary N) is 1. The molecule has 1 N–H and O–H groups in total. The molecule has 0 saturated carbocycles. The largest absolute Gasteiger partial charge is 0.335 e. The summed E-state index contributed by atoms with van der Waals surface area (Å²) in [5.74, 6) is 0.146. The molecule has 2 heterocycles. The van der Waals surface area contributed by atoms with Gasteiger partial charge in [0.2, 0.25) is 0 Å². The molecule has 0 radical (unpaired) electrons. The number of carbonyl (C=O) groups is 1. The third-order valence-corrected chi connectivity index (χ3v) is 4.87. The van der Waals surface area contributed by atoms with Crippen LogP contribution in [0.1, 0.15) is 23.7 Å². The van der Waals surface area contributed by atoms with Crippen molar-refractivity contribution in [2.75, 3.05) is 19.6 Å². The van der Waals surface area contributed by atoms with Gasteiger partial charge >= 0.3 is 0 Å². The van der Waals surface area contributed by atoms with Crippen LogP contribution in [0.3, 0.4) is 0 Å². The van der Waals surface area contributed by atoms with E-state index in [1.165, 1.54) is 12.1 Å². The normalized spacial score (nSPS) is 28.8. The fourth-order valence-corrected chi connectivity index (χ4v) is 3.78. The van der Waals surface area contributed by atoms with Gasteiger partial charge in [-0.2, -0.15) is 0 Å². The second-order valence-corrected chi connectivity index (χ2v) is 6.02. The molecule has 5 heteroatoms. The molecule has 2 aliphatic heterocycles. The Balaban J connectivity index is 1.89. The van der Waals surface area contributed by atoms with Gasteiger partial charge in [0.15, 0.2) is 5.82 Å². The summed E-state index contributed by atoms with van der Waals surface area (Å²) in [7, 11) is 0. The molecule has 3 atom stereocenters. The summed E-state index contributed by atoms with van der Waals surface area (Å²) in [6, 6.07) is 4.80. The van der Waals surface area contributed by atoms with E-state index < -0.39 is 5.82 Å². The summed E-state index contributed by atoms with van der Waals surface area (Å²) < 4.78 is 14.0. The first-order chi connectivity index (χ1) is 9.63. The lowest BCUT2D eigenvalue weighted by atomic mass is 9.93. The smallest absolute Gasteiger partial charge is 0.257 e. The molecule has 3 rings (SSSR count). The second-order valence-electron chi connectivity index (χ2n) is 5.62. The summed E-state index contributed by atoms with van der Waals surface area (Å²) >= 11 is 5.77. The number of hydrogen-bond donors (Lipinski definition) is 1. The van der Waals surface area contributed by atoms with E-state index in [4.69, 9.17) is 11.6 Å². The van der Waals surface area contributed by atoms with Crippen LogP contribution in [0.4, 0.5) is 4.39 Å². The molecular weight excluding hydrogens is 279 g/mol. The summed E-state index contributed by atoms with van der Waals surface area (Å²) in [5.41, 5.74) is 0.0869. The molecule has 2 aliphatic rings. The SMILES string of the molecule is CCC1C2CNCC2CN1C(=O)c1cccc(Cl)c1F. The Kier molecular flexibility index (Phi) is 3.69. The monoisotopic (exact) mass is 296 g/mol. The van der Waals surface area contributed by atoms with Crippen LogP contribution in [0, 0.1) is 17.7 Å². The van der Waals surface area contributed by atoms with Crippen molar-refractivity contribution in [3.05, 3.63) is 34.6 Å². The van der Waals surface area contributed by atoms with Crippen LogP contribution in [-0.2, 0) is 0 Å². The van der Waals surface area contributed by atoms with Gasteiger partial charge in [-0.25, -0.2) is 4.39 Å². The number of halogens is 2. The molecule has 0 aliphatic carbocycles. The first kappa shape index (κ1) is 13.8. The van der Waals surface area contributed by atoms with E-state index >= 15 is 0 Å². The summed E-state index contributed by atoms with van der Waals surface area (Å²) in [5, 5.41) is 3.38. The van der Waals surface area contributed by atoms with E-state index in [0.29, 0.717) is 18.4 Å². The van der Waals surface area contributed by atoms with Gasteiger partial charge in [0.25, 0.3) is 5.91 Å². The molecule has 1 amide bonds. The number of likely N-dealkylation sites (tertiary alicyclic amines) is 1. The molecule has 108 valence electrons. The molecule has 0 aromatic heterocycles. The number of amides is 1. The predicted molar refractivity (Wildman–Crippen MR) is 76.4 cm³/mol. The van der Waals surface area contributed by atoms with Gasteiger partial charge in [-0.05, 0) is 30.4 Å². The summed E-state index contributed by atoms with van der Waals surface area (Å²) in [6.07, 6.45) is 0.900. The van der Waals surface area contributed by atoms with Crippen LogP contribution in [0.15, 0.2) is 18.2 Å². The van der Waals surface area contributed by atoms with Crippen molar-refractivity contribution in [3.8, 4) is 0 Å². The Morgan fingerprint density at radius 2 is 2.30 bits per heavy atom. The van der Waals surface area contributed by atoms with Gasteiger partial charge in [0, 0.05) is 25.7 Å². The maximum atomic E-state index is 14.0. The van der Waals surface area contributed by atoms with E-state index in [0.717, 1.165) is 19.5 Å². The number of hydrogen-bond acceptors (Lipinski definition) is 2. The van der Waals surface area contributed by atoms with E-state index in [9.17, 15) is 9.18 Å². The van der Waals surface area contributed by atoms with E-state index in [2.05, 4.69) is 12.2 Å². The quantitative estimate of drug-likeness (QED) is 0.910. The molecule has 20 heavy (non-hydrogen) atoms. The lowest BCUT2D eigenvalue weighted by molar-refractivity contribution is 0.0707. The van der Waals surface area contributed by atoms with Gasteiger partial charge in [-0.1, -0.05) is 24.6 Å². The first-order valence-electron chi connectivity index (χ1n) is 7.09. The molecule has 1 aromatic rings. The van der Waals surface area contributed by atoms with Crippen LogP contribution in [-0.4, -0.2) is 36.5 Å². The van der Waals surface area contributed by atoms with Crippen LogP contribution in [0.2, 0.25) is 5.02 Å². The van der Waals surface area contributed by atoms with Crippen LogP contribution < -0.4 is 5.32 Å². The van der Waals surface area contributed by atoms with Gasteiger partial charge in [0.05, 0.1) is 10.6 Å². The Morgan fingerprint density at radius 1 is 1.50 bits per heavy atom. The molecule has 0 spiro atoms. The molecule has 2 saturated heterocycles. The Labute approximate surface area is 123 Å². The minimum Gasteiger partial charge on any atom is -0.335 e. The third-order valence-electron chi connectivity index (χ3n) is 4.58. The van der Waals surface area contributed by atoms with Crippen molar-refractivity contribution in [1.82, 2.24) is 10.2 Å². The highest BCUT2D eigenvalue weighted by Crippen LogP contribution is 2.35. The Morgan fingerprint density at radius 3 is 3.05 bits per heavy atom. The zero-order valence-electron chi connectivity index (χ0n) is 11.4. The zero-order valence-corrected chi connectivity index (χ0v) is 12.2. The maximum absolute atomic E-state index is 14.0. The number of rotatable bonds is 2. The van der Waals surface area contributed by atoms with Crippen molar-refractivity contribution < 1.29 is 9.18 Å². The molecule has 3 unspecified atom stereocenters. The minimum absolute atomic E-state index is 0.00459. The minimum atomic E-state index is -0.607. The zero-order chi connectivity index (χ0) is 14.3. The van der Waals surface area contributed by atoms with Gasteiger partial charge in [0.1, 0.15) is 0 Å². The van der Waals surface area contributed by atoms with Crippen molar-refractivity contribution in [2.24, 2.45) is 11.8 Å². The van der Waals surface area contributed by atoms with E-state index in [1.54, 1.807) is 6.07 Å². The van der Waals surface area contributed by atoms with Crippen molar-refractivity contribution in [1.29, 1.82) is 0 Å². The van der Waals surface area contributed by atoms with Crippen molar-refractivity contribution >= 4 is 17.5 Å². The highest BCUT2D eigenvalue weighted by Gasteiger charge is 2.45. The molecule has 3 nitrogen and oxygen atoms in total. The maximum Gasteiger partial charge on any atom is 0.257 e. The second kappa shape index (κ2) is 5.34. The fourth-order valence-electron chi connectivity index (χ4n) is 3.60. The Bertz CT molecular complexity index is 537. The summed E-state index contributed by atoms with van der Waals surface area (Å²) in [6.45, 7) is 4.69. The first-order valence-corrected chi connectivity index (χ1v) is 7.47. The van der Waals surface area contributed by atoms with Gasteiger partial charge in [-0.15, -0.1) is 0 Å². The standard InChI is InChI=1S/C15H18ClFN2O/c1-2-13-11-7-18-6-9(11)8-19(13)15(20)10-4-3-5-12(16)14(10)17/h3-5,9,11,13,18H,2,6-8H2,1H3. The molecular formula is C15H18ClFN2O. The number of carbonyl (C=O) groups excluding carboxylic acids is 1. The average molecular weight is 297 g/mol. The average Bonchev–Trinajstić information content (AvgIpc) is 3.01. The lowest BCUT2D eigenvalue weighted by Gasteiger charge is -2.27. The fraction of sp³-hybridized carbons (Fsp3) is 0.533. The predicted octanol–water partition coefficient (Wildman–Crippen LogP) is 2.55. The number of nitrogens with zero attached hydrogens (tertiary/aromatic N) is 1. The van der Waals surface area contributed by atoms with Crippen molar-refractivity contribution in [2.45, 2.75) is 19.4 Å². The van der Waals surface area contributed by atoms with Gasteiger partial charge < -0.3 is 10.2 Å². The van der Waals surface area contributed by atoms with E-state index in [-0.39, 0.29) is 22.5 Å². The lowest BCUT2D eigenvalue weighted by Crippen LogP contribution is -2.40. The highest BCUT2D eigenvalue weighted by molar-refractivity contribution is 6.31. The van der Waals surface area contributed by atoms with Crippen LogP contribution in [0.25, 0.3) is 0 Å². The molecule has 0 bridgehead atoms. The number of benzene rings is 1. The molecule has 1 aromatic carbocycles. The Hall–Kier alpha value is -1.13. The van der Waals surface area contributed by atoms with Crippen molar-refractivity contribution in [3.63, 3.8) is 0 Å². The van der Waals surface area contributed by atoms with Crippen LogP contribution >= 0.6 is 11.6 Å². The number of fused-ring (bicyclic) bond motifs is 1. The topological polar surface area (TPSA) is 32.3 Å². The van der Waals surface area contributed by atoms with E-state index in [1.807, 2.05) is 4.90 Å². The highest BCUT2D eigenvalue weighted by atomic mass is 35.5. The third kappa shape index (κ3) is 2.11. The molecule has 2 fully saturated rings. The summed E-state index contributed by atoms with van der Waals surface area (Å²) in [4.78, 5) is 14.5. The van der Waals surface area contributed by atoms with Crippen LogP contribution in [0.5, 0.6) is 0 Å².